The highest BCUT2D eigenvalue weighted by molar-refractivity contribution is 5.89. The van der Waals surface area contributed by atoms with E-state index in [1.807, 2.05) is 13.0 Å². The Balaban J connectivity index is 2.55. The number of carboxylic acid groups (broad SMARTS) is 1. The molecule has 0 spiro atoms. The molecule has 18 heavy (non-hydrogen) atoms. The van der Waals surface area contributed by atoms with Gasteiger partial charge in [-0.1, -0.05) is 6.08 Å². The number of benzene rings is 1. The summed E-state index contributed by atoms with van der Waals surface area (Å²) in [6, 6.07) is 5.19. The average Bonchev–Trinajstić information content (AvgIpc) is 2.33. The Hall–Kier alpha value is -1.81. The molecule has 0 amide bonds. The Bertz CT molecular complexity index is 429. The van der Waals surface area contributed by atoms with Crippen molar-refractivity contribution < 1.29 is 14.6 Å². The lowest BCUT2D eigenvalue weighted by Crippen LogP contribution is -2.20. The zero-order chi connectivity index (χ0) is 13.5. The van der Waals surface area contributed by atoms with Crippen LogP contribution < -0.4 is 5.32 Å². The van der Waals surface area contributed by atoms with Crippen LogP contribution in [0, 0.1) is 6.92 Å². The first-order valence-corrected chi connectivity index (χ1v) is 5.85. The van der Waals surface area contributed by atoms with Crippen LogP contribution in [0.15, 0.2) is 30.9 Å². The summed E-state index contributed by atoms with van der Waals surface area (Å²) in [5, 5.41) is 12.1. The Morgan fingerprint density at radius 1 is 1.61 bits per heavy atom. The number of aryl methyl sites for hydroxylation is 1. The summed E-state index contributed by atoms with van der Waals surface area (Å²) in [6.07, 6.45) is 1.78. The maximum atomic E-state index is 10.9. The second kappa shape index (κ2) is 6.81. The summed E-state index contributed by atoms with van der Waals surface area (Å²) in [5.74, 6) is -0.901. The topological polar surface area (TPSA) is 58.6 Å². The normalized spacial score (nSPS) is 11.9. The first-order valence-electron chi connectivity index (χ1n) is 5.85. The smallest absolute Gasteiger partial charge is 0.335 e. The molecule has 98 valence electrons. The van der Waals surface area contributed by atoms with E-state index in [1.165, 1.54) is 0 Å². The number of ether oxygens (including phenoxy) is 1. The third-order valence-electron chi connectivity index (χ3n) is 2.55. The lowest BCUT2D eigenvalue weighted by atomic mass is 10.1. The quantitative estimate of drug-likeness (QED) is 0.729. The number of carbonyl (C=O) groups is 1. The largest absolute Gasteiger partial charge is 0.478 e. The molecular formula is C14H19NO3. The van der Waals surface area contributed by atoms with Gasteiger partial charge in [0, 0.05) is 12.2 Å². The van der Waals surface area contributed by atoms with E-state index in [4.69, 9.17) is 9.84 Å². The predicted molar refractivity (Wildman–Crippen MR) is 72.2 cm³/mol. The Labute approximate surface area is 107 Å². The zero-order valence-electron chi connectivity index (χ0n) is 10.8. The minimum atomic E-state index is -0.901. The van der Waals surface area contributed by atoms with E-state index in [-0.39, 0.29) is 6.10 Å². The van der Waals surface area contributed by atoms with E-state index in [0.717, 1.165) is 11.3 Å². The van der Waals surface area contributed by atoms with Gasteiger partial charge in [0.25, 0.3) is 0 Å². The third kappa shape index (κ3) is 4.22. The lowest BCUT2D eigenvalue weighted by Gasteiger charge is -2.14. The molecule has 0 aromatic heterocycles. The molecule has 0 saturated heterocycles. The van der Waals surface area contributed by atoms with Gasteiger partial charge in [0.05, 0.1) is 18.3 Å². The van der Waals surface area contributed by atoms with Gasteiger partial charge in [-0.2, -0.15) is 0 Å². The minimum Gasteiger partial charge on any atom is -0.478 e. The van der Waals surface area contributed by atoms with E-state index in [2.05, 4.69) is 11.9 Å². The maximum absolute atomic E-state index is 10.9. The lowest BCUT2D eigenvalue weighted by molar-refractivity contribution is 0.0696. The van der Waals surface area contributed by atoms with Crippen molar-refractivity contribution in [1.82, 2.24) is 0 Å². The molecule has 0 aliphatic heterocycles. The van der Waals surface area contributed by atoms with Crippen LogP contribution in [0.3, 0.4) is 0 Å². The van der Waals surface area contributed by atoms with E-state index in [9.17, 15) is 4.79 Å². The molecule has 0 radical (unpaired) electrons. The molecule has 2 N–H and O–H groups in total. The molecule has 0 bridgehead atoms. The van der Waals surface area contributed by atoms with Crippen LogP contribution in [0.1, 0.15) is 22.8 Å². The summed E-state index contributed by atoms with van der Waals surface area (Å²) in [5.41, 5.74) is 1.97. The summed E-state index contributed by atoms with van der Waals surface area (Å²) in [4.78, 5) is 10.9. The second-order valence-electron chi connectivity index (χ2n) is 4.15. The van der Waals surface area contributed by atoms with Crippen molar-refractivity contribution in [3.63, 3.8) is 0 Å². The number of aromatic carboxylic acids is 1. The molecule has 1 rings (SSSR count). The van der Waals surface area contributed by atoms with E-state index < -0.39 is 5.97 Å². The van der Waals surface area contributed by atoms with Gasteiger partial charge in [0.1, 0.15) is 0 Å². The molecule has 1 unspecified atom stereocenters. The Morgan fingerprint density at radius 3 is 2.89 bits per heavy atom. The molecule has 4 nitrogen and oxygen atoms in total. The van der Waals surface area contributed by atoms with Crippen LogP contribution >= 0.6 is 0 Å². The molecule has 0 fully saturated rings. The van der Waals surface area contributed by atoms with Gasteiger partial charge in [-0.05, 0) is 37.6 Å². The van der Waals surface area contributed by atoms with Crippen LogP contribution in [0.5, 0.6) is 0 Å². The fourth-order valence-electron chi connectivity index (χ4n) is 1.57. The van der Waals surface area contributed by atoms with E-state index in [0.29, 0.717) is 18.7 Å². The highest BCUT2D eigenvalue weighted by atomic mass is 16.5. The van der Waals surface area contributed by atoms with Crippen LogP contribution in [0.2, 0.25) is 0 Å². The highest BCUT2D eigenvalue weighted by Gasteiger charge is 2.07. The summed E-state index contributed by atoms with van der Waals surface area (Å²) in [6.45, 7) is 8.53. The Morgan fingerprint density at radius 2 is 2.33 bits per heavy atom. The van der Waals surface area contributed by atoms with Gasteiger partial charge in [0.2, 0.25) is 0 Å². The van der Waals surface area contributed by atoms with Crippen molar-refractivity contribution in [2.75, 3.05) is 18.5 Å². The summed E-state index contributed by atoms with van der Waals surface area (Å²) in [7, 11) is 0. The molecule has 0 aliphatic carbocycles. The number of carboxylic acids is 1. The summed E-state index contributed by atoms with van der Waals surface area (Å²) < 4.78 is 5.43. The van der Waals surface area contributed by atoms with Crippen molar-refractivity contribution in [2.45, 2.75) is 20.0 Å². The first kappa shape index (κ1) is 14.3. The fraction of sp³-hybridized carbons (Fsp3) is 0.357. The van der Waals surface area contributed by atoms with Crippen molar-refractivity contribution in [3.05, 3.63) is 42.0 Å². The van der Waals surface area contributed by atoms with Crippen molar-refractivity contribution in [3.8, 4) is 0 Å². The predicted octanol–water partition coefficient (Wildman–Crippen LogP) is 2.70. The van der Waals surface area contributed by atoms with Crippen molar-refractivity contribution >= 4 is 11.7 Å². The van der Waals surface area contributed by atoms with Crippen molar-refractivity contribution in [1.29, 1.82) is 0 Å². The highest BCUT2D eigenvalue weighted by Crippen LogP contribution is 2.15. The van der Waals surface area contributed by atoms with E-state index in [1.54, 1.807) is 25.1 Å². The van der Waals surface area contributed by atoms with Gasteiger partial charge in [-0.15, -0.1) is 6.58 Å². The SMILES string of the molecule is C=CCOC(C)CNc1ccc(C(=O)O)c(C)c1. The molecule has 0 heterocycles. The average molecular weight is 249 g/mol. The standard InChI is InChI=1S/C14H19NO3/c1-4-7-18-11(3)9-15-12-5-6-13(14(16)17)10(2)8-12/h4-6,8,11,15H,1,7,9H2,2-3H3,(H,16,17). The number of nitrogens with one attached hydrogen (secondary N) is 1. The minimum absolute atomic E-state index is 0.0717. The molecule has 0 saturated carbocycles. The molecule has 0 aliphatic rings. The van der Waals surface area contributed by atoms with Gasteiger partial charge in [-0.3, -0.25) is 0 Å². The van der Waals surface area contributed by atoms with Crippen molar-refractivity contribution in [2.24, 2.45) is 0 Å². The molecule has 1 aromatic rings. The number of anilines is 1. The molecule has 1 aromatic carbocycles. The van der Waals surface area contributed by atoms with Crippen LogP contribution in [0.4, 0.5) is 5.69 Å². The maximum Gasteiger partial charge on any atom is 0.335 e. The second-order valence-corrected chi connectivity index (χ2v) is 4.15. The van der Waals surface area contributed by atoms with Gasteiger partial charge in [-0.25, -0.2) is 4.79 Å². The number of rotatable bonds is 7. The summed E-state index contributed by atoms with van der Waals surface area (Å²) >= 11 is 0. The van der Waals surface area contributed by atoms with Gasteiger partial charge in [0.15, 0.2) is 0 Å². The van der Waals surface area contributed by atoms with Gasteiger partial charge >= 0.3 is 5.97 Å². The number of hydrogen-bond donors (Lipinski definition) is 2. The third-order valence-corrected chi connectivity index (χ3v) is 2.55. The Kier molecular flexibility index (Phi) is 5.39. The fourth-order valence-corrected chi connectivity index (χ4v) is 1.57. The van der Waals surface area contributed by atoms with E-state index >= 15 is 0 Å². The monoisotopic (exact) mass is 249 g/mol. The molecule has 4 heteroatoms. The van der Waals surface area contributed by atoms with Crippen LogP contribution in [0.25, 0.3) is 0 Å². The molecule has 1 atom stereocenters. The molecular weight excluding hydrogens is 230 g/mol. The first-order chi connectivity index (χ1) is 8.54. The van der Waals surface area contributed by atoms with Crippen LogP contribution in [-0.4, -0.2) is 30.3 Å². The van der Waals surface area contributed by atoms with Gasteiger partial charge < -0.3 is 15.2 Å². The zero-order valence-corrected chi connectivity index (χ0v) is 10.8. The number of hydrogen-bond acceptors (Lipinski definition) is 3. The van der Waals surface area contributed by atoms with Crippen LogP contribution in [-0.2, 0) is 4.74 Å².